The van der Waals surface area contributed by atoms with Crippen LogP contribution in [0.25, 0.3) is 0 Å². The van der Waals surface area contributed by atoms with E-state index in [0.29, 0.717) is 11.1 Å². The normalized spacial score (nSPS) is 35.7. The largest absolute Gasteiger partial charge is 0.460 e. The Balaban J connectivity index is 1.21. The van der Waals surface area contributed by atoms with Crippen LogP contribution in [0, 0.1) is 32.8 Å². The fourth-order valence-electron chi connectivity index (χ4n) is 8.40. The van der Waals surface area contributed by atoms with E-state index in [9.17, 15) is 44.6 Å². The maximum atomic E-state index is 17.3. The van der Waals surface area contributed by atoms with Crippen molar-refractivity contribution >= 4 is 23.5 Å². The maximum Gasteiger partial charge on any atom is 0.338 e. The second-order valence-corrected chi connectivity index (χ2v) is 13.5. The molecule has 2 fully saturated rings. The Hall–Kier alpha value is -4.05. The lowest BCUT2D eigenvalue weighted by Crippen LogP contribution is -2.69. The molecule has 0 aliphatic heterocycles. The van der Waals surface area contributed by atoms with E-state index < -0.39 is 88.2 Å². The number of esters is 2. The number of nitrogens with zero attached hydrogens (tertiary/aromatic N) is 1. The van der Waals surface area contributed by atoms with Crippen LogP contribution in [0.5, 0.6) is 0 Å². The first kappa shape index (κ1) is 35.3. The zero-order valence-corrected chi connectivity index (χ0v) is 26.5. The molecule has 0 saturated heterocycles. The first-order valence-corrected chi connectivity index (χ1v) is 15.7. The Morgan fingerprint density at radius 1 is 1.17 bits per heavy atom. The Morgan fingerprint density at radius 2 is 1.90 bits per heavy atom. The topological polar surface area (TPSA) is 226 Å². The van der Waals surface area contributed by atoms with Crippen molar-refractivity contribution in [1.29, 1.82) is 0 Å². The van der Waals surface area contributed by atoms with E-state index in [1.165, 1.54) is 37.3 Å². The van der Waals surface area contributed by atoms with E-state index in [4.69, 9.17) is 15.2 Å². The number of allylic oxidation sites excluding steroid dienone is 4. The summed E-state index contributed by atoms with van der Waals surface area (Å²) < 4.78 is 27.4. The first-order chi connectivity index (χ1) is 22.5. The molecule has 0 amide bonds. The number of hydrogen-bond donors (Lipinski definition) is 4. The lowest BCUT2D eigenvalue weighted by molar-refractivity contribution is -0.757. The van der Waals surface area contributed by atoms with E-state index in [0.717, 1.165) is 0 Å². The van der Waals surface area contributed by atoms with Crippen LogP contribution in [-0.4, -0.2) is 93.3 Å². The number of benzene rings is 1. The highest BCUT2D eigenvalue weighted by atomic mass is 19.1. The van der Waals surface area contributed by atoms with Crippen molar-refractivity contribution in [2.45, 2.75) is 75.5 Å². The van der Waals surface area contributed by atoms with E-state index in [1.54, 1.807) is 19.1 Å². The SMILES string of the molecule is C[C@]12C=CC(=O)CC1=CC[C@H]1[C@@H]3C[C@@H](O)[C@](O)(C(=O)COC(=O)C(N)COC(=O)c4cccc(CCO[N+](=O)[O-])c4)[C@@]3(C)C[C@H](O)[C@@]12F. The van der Waals surface area contributed by atoms with Gasteiger partial charge in [0, 0.05) is 23.2 Å². The minimum Gasteiger partial charge on any atom is -0.460 e. The number of Topliss-reactive ketones (excluding diaryl/α,β-unsaturated/α-hetero) is 1. The minimum absolute atomic E-state index is 0.0224. The molecule has 0 bridgehead atoms. The van der Waals surface area contributed by atoms with Gasteiger partial charge in [0.2, 0.25) is 5.78 Å². The Bertz CT molecular complexity index is 1580. The van der Waals surface area contributed by atoms with Crippen molar-refractivity contribution in [3.05, 3.63) is 69.3 Å². The lowest BCUT2D eigenvalue weighted by atomic mass is 9.45. The van der Waals surface area contributed by atoms with Gasteiger partial charge in [-0.25, -0.2) is 9.18 Å². The minimum atomic E-state index is -2.50. The summed E-state index contributed by atoms with van der Waals surface area (Å²) in [5.41, 5.74) is -0.531. The average Bonchev–Trinajstić information content (AvgIpc) is 3.24. The highest BCUT2D eigenvalue weighted by Crippen LogP contribution is 2.69. The quantitative estimate of drug-likeness (QED) is 0.112. The van der Waals surface area contributed by atoms with Crippen LogP contribution in [0.3, 0.4) is 0 Å². The molecule has 2 saturated carbocycles. The van der Waals surface area contributed by atoms with E-state index in [2.05, 4.69) is 4.84 Å². The van der Waals surface area contributed by atoms with Crippen molar-refractivity contribution in [3.63, 3.8) is 0 Å². The van der Waals surface area contributed by atoms with Crippen molar-refractivity contribution in [2.24, 2.45) is 28.4 Å². The smallest absolute Gasteiger partial charge is 0.338 e. The number of ketones is 2. The molecule has 14 nitrogen and oxygen atoms in total. The number of carbonyl (C=O) groups excluding carboxylic acids is 4. The molecule has 0 spiro atoms. The number of halogens is 1. The number of aliphatic hydroxyl groups excluding tert-OH is 2. The number of carbonyl (C=O) groups is 4. The summed E-state index contributed by atoms with van der Waals surface area (Å²) in [6, 6.07) is 4.49. The summed E-state index contributed by atoms with van der Waals surface area (Å²) in [5, 5.41) is 43.7. The van der Waals surface area contributed by atoms with Crippen molar-refractivity contribution in [1.82, 2.24) is 0 Å². The summed E-state index contributed by atoms with van der Waals surface area (Å²) in [4.78, 5) is 65.3. The van der Waals surface area contributed by atoms with Gasteiger partial charge >= 0.3 is 11.9 Å². The van der Waals surface area contributed by atoms with Crippen LogP contribution >= 0.6 is 0 Å². The third-order valence-corrected chi connectivity index (χ3v) is 11.0. The second kappa shape index (κ2) is 12.8. The molecule has 1 aromatic carbocycles. The first-order valence-electron chi connectivity index (χ1n) is 15.7. The summed E-state index contributed by atoms with van der Waals surface area (Å²) in [6.07, 6.45) is 0.979. The molecule has 4 aliphatic rings. The van der Waals surface area contributed by atoms with Crippen LogP contribution in [0.1, 0.15) is 55.5 Å². The van der Waals surface area contributed by atoms with E-state index in [1.807, 2.05) is 0 Å². The molecular formula is C33H39FN2O12. The third kappa shape index (κ3) is 5.61. The maximum absolute atomic E-state index is 17.3. The van der Waals surface area contributed by atoms with Crippen LogP contribution in [-0.2, 0) is 35.1 Å². The fourth-order valence-corrected chi connectivity index (χ4v) is 8.40. The summed E-state index contributed by atoms with van der Waals surface area (Å²) in [7, 11) is 0. The van der Waals surface area contributed by atoms with Crippen molar-refractivity contribution in [2.75, 3.05) is 19.8 Å². The van der Waals surface area contributed by atoms with Crippen LogP contribution in [0.4, 0.5) is 4.39 Å². The fraction of sp³-hybridized carbons (Fsp3) is 0.576. The zero-order chi connectivity index (χ0) is 35.2. The van der Waals surface area contributed by atoms with Gasteiger partial charge in [-0.1, -0.05) is 36.8 Å². The van der Waals surface area contributed by atoms with Gasteiger partial charge in [-0.05, 0) is 62.3 Å². The van der Waals surface area contributed by atoms with E-state index >= 15 is 4.39 Å². The van der Waals surface area contributed by atoms with Crippen LogP contribution in [0.15, 0.2) is 48.1 Å². The highest BCUT2D eigenvalue weighted by molar-refractivity contribution is 5.94. The van der Waals surface area contributed by atoms with Gasteiger partial charge < -0.3 is 35.4 Å². The van der Waals surface area contributed by atoms with Crippen LogP contribution in [0.2, 0.25) is 0 Å². The molecule has 0 heterocycles. The standard InChI is InChI=1S/C33H39FN2O12/c1-30-10-8-21(37)13-20(30)6-7-22-23-14-25(38)33(43,31(23,2)15-26(39)32(22,30)34)27(40)17-47-29(42)24(35)16-46-28(41)19-5-3-4-18(12-19)9-11-48-36(44)45/h3-6,8,10,12,22-26,38-39,43H,7,9,11,13-17,35H2,1-2H3/t22-,23-,24?,25+,26-,30-,31-,32-,33-/m0/s1. The summed E-state index contributed by atoms with van der Waals surface area (Å²) in [6.45, 7) is 1.28. The van der Waals surface area contributed by atoms with E-state index in [-0.39, 0.29) is 50.1 Å². The molecule has 15 heteroatoms. The number of alkyl halides is 1. The zero-order valence-electron chi connectivity index (χ0n) is 26.5. The highest BCUT2D eigenvalue weighted by Gasteiger charge is 2.76. The number of aliphatic hydroxyl groups is 3. The lowest BCUT2D eigenvalue weighted by Gasteiger charge is -2.61. The Labute approximate surface area is 274 Å². The third-order valence-electron chi connectivity index (χ3n) is 11.0. The van der Waals surface area contributed by atoms with Gasteiger partial charge in [-0.3, -0.25) is 14.4 Å². The molecule has 0 aromatic heterocycles. The molecule has 5 rings (SSSR count). The molecule has 0 radical (unpaired) electrons. The van der Waals surface area contributed by atoms with Gasteiger partial charge in [0.15, 0.2) is 23.7 Å². The number of hydrogen-bond acceptors (Lipinski definition) is 13. The van der Waals surface area contributed by atoms with Crippen molar-refractivity contribution in [3.8, 4) is 0 Å². The molecule has 4 aliphatic carbocycles. The van der Waals surface area contributed by atoms with Gasteiger partial charge in [0.1, 0.15) is 19.3 Å². The molecule has 48 heavy (non-hydrogen) atoms. The molecule has 260 valence electrons. The van der Waals surface area contributed by atoms with Gasteiger partial charge in [0.05, 0.1) is 17.8 Å². The predicted molar refractivity (Wildman–Crippen MR) is 162 cm³/mol. The van der Waals surface area contributed by atoms with Crippen molar-refractivity contribution < 1.29 is 58.3 Å². The molecule has 9 atom stereocenters. The molecule has 1 unspecified atom stereocenters. The molecular weight excluding hydrogens is 635 g/mol. The average molecular weight is 675 g/mol. The Morgan fingerprint density at radius 3 is 2.60 bits per heavy atom. The number of fused-ring (bicyclic) bond motifs is 5. The van der Waals surface area contributed by atoms with Gasteiger partial charge in [-0.2, -0.15) is 0 Å². The predicted octanol–water partition coefficient (Wildman–Crippen LogP) is 1.11. The summed E-state index contributed by atoms with van der Waals surface area (Å²) in [5.74, 6) is -4.88. The summed E-state index contributed by atoms with van der Waals surface area (Å²) >= 11 is 0. The Kier molecular flexibility index (Phi) is 9.38. The van der Waals surface area contributed by atoms with Gasteiger partial charge in [0.25, 0.3) is 5.09 Å². The number of ether oxygens (including phenoxy) is 2. The molecule has 1 aromatic rings. The number of rotatable bonds is 11. The number of nitrogens with two attached hydrogens (primary N) is 1. The second-order valence-electron chi connectivity index (χ2n) is 13.5. The monoisotopic (exact) mass is 674 g/mol. The molecule has 5 N–H and O–H groups in total. The van der Waals surface area contributed by atoms with Crippen LogP contribution < -0.4 is 5.73 Å². The van der Waals surface area contributed by atoms with Gasteiger partial charge in [-0.15, -0.1) is 10.1 Å².